The van der Waals surface area contributed by atoms with Gasteiger partial charge in [0.05, 0.1) is 12.8 Å². The third-order valence-corrected chi connectivity index (χ3v) is 5.77. The first-order chi connectivity index (χ1) is 13.2. The molecule has 0 aliphatic heterocycles. The second-order valence-electron chi connectivity index (χ2n) is 5.59. The molecule has 4 rings (SSSR count). The maximum absolute atomic E-state index is 12.5. The predicted octanol–water partition coefficient (Wildman–Crippen LogP) is 3.85. The Bertz CT molecular complexity index is 1160. The summed E-state index contributed by atoms with van der Waals surface area (Å²) in [6, 6.07) is 12.9. The van der Waals surface area contributed by atoms with E-state index in [2.05, 4.69) is 4.98 Å². The Morgan fingerprint density at radius 2 is 2.04 bits per heavy atom. The second-order valence-corrected chi connectivity index (χ2v) is 7.52. The summed E-state index contributed by atoms with van der Waals surface area (Å²) in [4.78, 5) is 30.7. The van der Waals surface area contributed by atoms with Gasteiger partial charge in [-0.3, -0.25) is 9.20 Å². The summed E-state index contributed by atoms with van der Waals surface area (Å²) in [6.07, 6.45) is 1.66. The molecular weight excluding hydrogens is 384 g/mol. The van der Waals surface area contributed by atoms with E-state index in [1.165, 1.54) is 40.3 Å². The third-order valence-electron chi connectivity index (χ3n) is 3.87. The van der Waals surface area contributed by atoms with Gasteiger partial charge in [0.25, 0.3) is 5.56 Å². The molecular formula is C19H14N2O4S2. The number of carbonyl (C=O) groups excluding carboxylic acids is 1. The van der Waals surface area contributed by atoms with E-state index in [-0.39, 0.29) is 12.2 Å². The fourth-order valence-corrected chi connectivity index (χ4v) is 4.34. The molecule has 3 aromatic heterocycles. The zero-order chi connectivity index (χ0) is 18.8. The highest BCUT2D eigenvalue weighted by atomic mass is 32.1. The van der Waals surface area contributed by atoms with E-state index in [1.54, 1.807) is 11.6 Å². The van der Waals surface area contributed by atoms with Crippen molar-refractivity contribution in [1.82, 2.24) is 9.38 Å². The number of hydrogen-bond donors (Lipinski definition) is 0. The molecule has 0 spiro atoms. The molecule has 0 aliphatic rings. The molecule has 0 amide bonds. The molecule has 6 nitrogen and oxygen atoms in total. The van der Waals surface area contributed by atoms with Crippen LogP contribution in [0.3, 0.4) is 0 Å². The number of thiophene rings is 1. The van der Waals surface area contributed by atoms with E-state index in [1.807, 2.05) is 36.4 Å². The minimum absolute atomic E-state index is 0.0792. The number of nitrogens with zero attached hydrogens (tertiary/aromatic N) is 2. The molecule has 3 heterocycles. The molecule has 0 bridgehead atoms. The normalized spacial score (nSPS) is 10.9. The first-order valence-corrected chi connectivity index (χ1v) is 9.71. The zero-order valence-corrected chi connectivity index (χ0v) is 15.9. The maximum atomic E-state index is 12.5. The number of methoxy groups -OCH3 is 1. The molecule has 0 N–H and O–H groups in total. The number of benzene rings is 1. The maximum Gasteiger partial charge on any atom is 0.352 e. The van der Waals surface area contributed by atoms with Crippen molar-refractivity contribution >= 4 is 33.6 Å². The van der Waals surface area contributed by atoms with Crippen LogP contribution in [0.5, 0.6) is 5.75 Å². The van der Waals surface area contributed by atoms with Gasteiger partial charge in [0.15, 0.2) is 9.84 Å². The van der Waals surface area contributed by atoms with Crippen molar-refractivity contribution < 1.29 is 14.3 Å². The summed E-state index contributed by atoms with van der Waals surface area (Å²) in [5.74, 6) is -0.0437. The van der Waals surface area contributed by atoms with E-state index < -0.39 is 5.97 Å². The zero-order valence-electron chi connectivity index (χ0n) is 14.2. The lowest BCUT2D eigenvalue weighted by molar-refractivity contribution is 0.0470. The summed E-state index contributed by atoms with van der Waals surface area (Å²) in [5.41, 5.74) is 1.21. The molecule has 0 atom stereocenters. The number of aromatic nitrogens is 2. The van der Waals surface area contributed by atoms with Crippen LogP contribution in [-0.4, -0.2) is 22.5 Å². The van der Waals surface area contributed by atoms with Gasteiger partial charge in [-0.15, -0.1) is 22.7 Å². The van der Waals surface area contributed by atoms with Crippen molar-refractivity contribution in [3.05, 3.63) is 75.0 Å². The van der Waals surface area contributed by atoms with E-state index in [0.29, 0.717) is 21.3 Å². The van der Waals surface area contributed by atoms with Crippen molar-refractivity contribution in [2.24, 2.45) is 0 Å². The Morgan fingerprint density at radius 3 is 2.81 bits per heavy atom. The number of esters is 1. The van der Waals surface area contributed by atoms with Gasteiger partial charge in [-0.2, -0.15) is 0 Å². The highest BCUT2D eigenvalue weighted by Crippen LogP contribution is 2.36. The summed E-state index contributed by atoms with van der Waals surface area (Å²) in [5, 5.41) is 1.78. The summed E-state index contributed by atoms with van der Waals surface area (Å²) in [6.45, 7) is -0.0792. The lowest BCUT2D eigenvalue weighted by Crippen LogP contribution is -2.14. The number of fused-ring (bicyclic) bond motifs is 1. The van der Waals surface area contributed by atoms with Gasteiger partial charge in [-0.05, 0) is 11.6 Å². The Kier molecular flexibility index (Phi) is 4.74. The molecule has 136 valence electrons. The van der Waals surface area contributed by atoms with Crippen LogP contribution in [0.25, 0.3) is 15.4 Å². The molecule has 0 aliphatic carbocycles. The highest BCUT2D eigenvalue weighted by Gasteiger charge is 2.20. The molecule has 8 heteroatoms. The van der Waals surface area contributed by atoms with Gasteiger partial charge >= 0.3 is 5.97 Å². The van der Waals surface area contributed by atoms with Crippen LogP contribution < -0.4 is 10.3 Å². The van der Waals surface area contributed by atoms with Crippen molar-refractivity contribution in [1.29, 1.82) is 0 Å². The van der Waals surface area contributed by atoms with E-state index in [0.717, 1.165) is 10.4 Å². The lowest BCUT2D eigenvalue weighted by atomic mass is 10.2. The Balaban J connectivity index is 1.55. The van der Waals surface area contributed by atoms with Crippen molar-refractivity contribution in [3.8, 4) is 16.2 Å². The van der Waals surface area contributed by atoms with Gasteiger partial charge in [-0.25, -0.2) is 9.78 Å². The molecule has 27 heavy (non-hydrogen) atoms. The molecule has 0 saturated carbocycles. The number of hydrogen-bond acceptors (Lipinski definition) is 7. The Labute approximate surface area is 162 Å². The standard InChI is InChI=1S/C19H14N2O4S2/c1-24-14-10-15(12-5-3-2-4-6-12)27-17(14)18(23)25-11-13-9-16(22)21-7-8-26-19(21)20-13/h2-10H,11H2,1H3. The predicted molar refractivity (Wildman–Crippen MR) is 105 cm³/mol. The highest BCUT2D eigenvalue weighted by molar-refractivity contribution is 7.17. The number of ether oxygens (including phenoxy) is 2. The quantitative estimate of drug-likeness (QED) is 0.478. The molecule has 0 unspecified atom stereocenters. The third kappa shape index (κ3) is 3.49. The molecule has 4 aromatic rings. The monoisotopic (exact) mass is 398 g/mol. The number of rotatable bonds is 5. The Morgan fingerprint density at radius 1 is 1.22 bits per heavy atom. The topological polar surface area (TPSA) is 69.9 Å². The van der Waals surface area contributed by atoms with Crippen LogP contribution in [0, 0.1) is 0 Å². The van der Waals surface area contributed by atoms with Gasteiger partial charge in [0.2, 0.25) is 0 Å². The number of thiazole rings is 1. The second kappa shape index (κ2) is 7.34. The van der Waals surface area contributed by atoms with E-state index >= 15 is 0 Å². The fourth-order valence-electron chi connectivity index (χ4n) is 2.58. The van der Waals surface area contributed by atoms with E-state index in [9.17, 15) is 9.59 Å². The van der Waals surface area contributed by atoms with Gasteiger partial charge in [0, 0.05) is 22.5 Å². The van der Waals surface area contributed by atoms with Gasteiger partial charge in [0.1, 0.15) is 12.4 Å². The van der Waals surface area contributed by atoms with E-state index in [4.69, 9.17) is 9.47 Å². The van der Waals surface area contributed by atoms with Crippen LogP contribution in [0.4, 0.5) is 0 Å². The largest absolute Gasteiger partial charge is 0.495 e. The first kappa shape index (κ1) is 17.4. The SMILES string of the molecule is COc1cc(-c2ccccc2)sc1C(=O)OCc1cc(=O)n2ccsc2n1. The fraction of sp³-hybridized carbons (Fsp3) is 0.105. The molecule has 1 aromatic carbocycles. The van der Waals surface area contributed by atoms with Crippen molar-refractivity contribution in [2.45, 2.75) is 6.61 Å². The smallest absolute Gasteiger partial charge is 0.352 e. The Hall–Kier alpha value is -2.97. The first-order valence-electron chi connectivity index (χ1n) is 8.02. The molecule has 0 fully saturated rings. The van der Waals surface area contributed by atoms with Crippen molar-refractivity contribution in [3.63, 3.8) is 0 Å². The average molecular weight is 398 g/mol. The average Bonchev–Trinajstić information content (AvgIpc) is 3.34. The van der Waals surface area contributed by atoms with Crippen LogP contribution in [0.15, 0.2) is 58.8 Å². The molecule has 0 radical (unpaired) electrons. The summed E-state index contributed by atoms with van der Waals surface area (Å²) >= 11 is 2.65. The summed E-state index contributed by atoms with van der Waals surface area (Å²) in [7, 11) is 1.51. The lowest BCUT2D eigenvalue weighted by Gasteiger charge is -2.04. The van der Waals surface area contributed by atoms with Crippen LogP contribution in [0.2, 0.25) is 0 Å². The van der Waals surface area contributed by atoms with Gasteiger partial charge < -0.3 is 9.47 Å². The minimum Gasteiger partial charge on any atom is -0.495 e. The van der Waals surface area contributed by atoms with Crippen LogP contribution in [0.1, 0.15) is 15.4 Å². The van der Waals surface area contributed by atoms with Gasteiger partial charge in [-0.1, -0.05) is 30.3 Å². The molecule has 0 saturated heterocycles. The number of carbonyl (C=O) groups is 1. The van der Waals surface area contributed by atoms with Crippen molar-refractivity contribution in [2.75, 3.05) is 7.11 Å². The summed E-state index contributed by atoms with van der Waals surface area (Å²) < 4.78 is 12.1. The van der Waals surface area contributed by atoms with Crippen LogP contribution in [-0.2, 0) is 11.3 Å². The minimum atomic E-state index is -0.507. The van der Waals surface area contributed by atoms with Crippen LogP contribution >= 0.6 is 22.7 Å².